The summed E-state index contributed by atoms with van der Waals surface area (Å²) in [6.45, 7) is 0. The number of imidazole rings is 1. The summed E-state index contributed by atoms with van der Waals surface area (Å²) < 4.78 is 23.8. The van der Waals surface area contributed by atoms with Gasteiger partial charge in [-0.15, -0.1) is 0 Å². The van der Waals surface area contributed by atoms with Crippen LogP contribution in [0.25, 0.3) is 11.0 Å². The van der Waals surface area contributed by atoms with Crippen LogP contribution in [0.3, 0.4) is 0 Å². The van der Waals surface area contributed by atoms with Gasteiger partial charge in [0.05, 0.1) is 22.3 Å². The molecular weight excluding hydrogens is 224 g/mol. The molecule has 0 N–H and O–H groups in total. The molecule has 1 heterocycles. The van der Waals surface area contributed by atoms with Crippen LogP contribution >= 0.6 is 10.7 Å². The van der Waals surface area contributed by atoms with Crippen molar-refractivity contribution in [3.05, 3.63) is 24.5 Å². The van der Waals surface area contributed by atoms with Gasteiger partial charge in [0.1, 0.15) is 0 Å². The second kappa shape index (κ2) is 2.96. The number of nitrogens with zero attached hydrogens (tertiary/aromatic N) is 2. The molecule has 74 valence electrons. The van der Waals surface area contributed by atoms with Crippen LogP contribution in [0.2, 0.25) is 0 Å². The maximum Gasteiger partial charge on any atom is 0.261 e. The Bertz CT molecular complexity index is 588. The lowest BCUT2D eigenvalue weighted by Crippen LogP contribution is -1.91. The Hall–Kier alpha value is -1.07. The lowest BCUT2D eigenvalue weighted by molar-refractivity contribution is 0.609. The van der Waals surface area contributed by atoms with Gasteiger partial charge in [0.2, 0.25) is 0 Å². The molecule has 6 heteroatoms. The van der Waals surface area contributed by atoms with Gasteiger partial charge < -0.3 is 4.57 Å². The Morgan fingerprint density at radius 3 is 2.79 bits per heavy atom. The van der Waals surface area contributed by atoms with Gasteiger partial charge in [-0.05, 0) is 18.2 Å². The first-order chi connectivity index (χ1) is 6.48. The normalized spacial score (nSPS) is 12.1. The van der Waals surface area contributed by atoms with Gasteiger partial charge in [-0.3, -0.25) is 0 Å². The number of halogens is 1. The van der Waals surface area contributed by atoms with Crippen molar-refractivity contribution in [2.24, 2.45) is 7.05 Å². The summed E-state index contributed by atoms with van der Waals surface area (Å²) in [5.41, 5.74) is 1.49. The maximum atomic E-state index is 11.0. The molecule has 0 unspecified atom stereocenters. The number of aromatic nitrogens is 2. The van der Waals surface area contributed by atoms with E-state index in [-0.39, 0.29) is 4.90 Å². The van der Waals surface area contributed by atoms with Gasteiger partial charge >= 0.3 is 0 Å². The zero-order chi connectivity index (χ0) is 10.3. The van der Waals surface area contributed by atoms with E-state index < -0.39 is 9.05 Å². The first-order valence-corrected chi connectivity index (χ1v) is 6.15. The molecule has 0 amide bonds. The minimum Gasteiger partial charge on any atom is -0.334 e. The van der Waals surface area contributed by atoms with E-state index in [9.17, 15) is 8.42 Å². The van der Waals surface area contributed by atoms with Gasteiger partial charge in [-0.1, -0.05) is 0 Å². The highest BCUT2D eigenvalue weighted by molar-refractivity contribution is 8.13. The summed E-state index contributed by atoms with van der Waals surface area (Å²) in [7, 11) is 3.35. The minimum atomic E-state index is -3.66. The lowest BCUT2D eigenvalue weighted by atomic mass is 10.3. The van der Waals surface area contributed by atoms with Crippen LogP contribution in [0.5, 0.6) is 0 Å². The number of benzene rings is 1. The van der Waals surface area contributed by atoms with Crippen molar-refractivity contribution in [2.75, 3.05) is 0 Å². The van der Waals surface area contributed by atoms with Gasteiger partial charge in [0.15, 0.2) is 0 Å². The minimum absolute atomic E-state index is 0.0928. The number of fused-ring (bicyclic) bond motifs is 1. The molecule has 0 saturated heterocycles. The van der Waals surface area contributed by atoms with Crippen molar-refractivity contribution in [1.29, 1.82) is 0 Å². The number of aryl methyl sites for hydroxylation is 1. The van der Waals surface area contributed by atoms with Crippen molar-refractivity contribution in [3.8, 4) is 0 Å². The second-order valence-electron chi connectivity index (χ2n) is 2.94. The molecule has 2 rings (SSSR count). The number of hydrogen-bond donors (Lipinski definition) is 0. The standard InChI is InChI=1S/C8H7ClN2O2S/c1-11-5-10-7-3-2-6(4-8(7)11)14(9,12)13/h2-5H,1H3. The topological polar surface area (TPSA) is 52.0 Å². The first kappa shape index (κ1) is 9.48. The van der Waals surface area contributed by atoms with E-state index in [1.807, 2.05) is 0 Å². The van der Waals surface area contributed by atoms with Crippen LogP contribution in [0.15, 0.2) is 29.4 Å². The van der Waals surface area contributed by atoms with Crippen molar-refractivity contribution >= 4 is 30.8 Å². The molecule has 0 aliphatic carbocycles. The smallest absolute Gasteiger partial charge is 0.261 e. The Balaban J connectivity index is 2.79. The predicted molar refractivity (Wildman–Crippen MR) is 53.8 cm³/mol. The third-order valence-electron chi connectivity index (χ3n) is 1.98. The number of rotatable bonds is 1. The zero-order valence-electron chi connectivity index (χ0n) is 7.31. The molecule has 4 nitrogen and oxygen atoms in total. The summed E-state index contributed by atoms with van der Waals surface area (Å²) in [4.78, 5) is 4.16. The summed E-state index contributed by atoms with van der Waals surface area (Å²) in [6.07, 6.45) is 1.62. The fourth-order valence-electron chi connectivity index (χ4n) is 1.26. The average Bonchev–Trinajstić information content (AvgIpc) is 2.46. The van der Waals surface area contributed by atoms with E-state index in [2.05, 4.69) is 4.98 Å². The first-order valence-electron chi connectivity index (χ1n) is 3.84. The van der Waals surface area contributed by atoms with Gasteiger partial charge in [-0.25, -0.2) is 13.4 Å². The molecule has 0 bridgehead atoms. The van der Waals surface area contributed by atoms with Crippen LogP contribution in [0.1, 0.15) is 0 Å². The van der Waals surface area contributed by atoms with Crippen molar-refractivity contribution in [1.82, 2.24) is 9.55 Å². The summed E-state index contributed by atoms with van der Waals surface area (Å²) in [5.74, 6) is 0. The predicted octanol–water partition coefficient (Wildman–Crippen LogP) is 1.50. The molecular formula is C8H7ClN2O2S. The molecule has 0 atom stereocenters. The van der Waals surface area contributed by atoms with Crippen LogP contribution in [-0.2, 0) is 16.1 Å². The van der Waals surface area contributed by atoms with Gasteiger partial charge in [0, 0.05) is 17.7 Å². The van der Waals surface area contributed by atoms with E-state index in [4.69, 9.17) is 10.7 Å². The average molecular weight is 231 g/mol. The van der Waals surface area contributed by atoms with E-state index in [0.29, 0.717) is 0 Å². The molecule has 0 radical (unpaired) electrons. The van der Waals surface area contributed by atoms with Crippen molar-refractivity contribution < 1.29 is 8.42 Å². The maximum absolute atomic E-state index is 11.0. The third-order valence-corrected chi connectivity index (χ3v) is 3.33. The van der Waals surface area contributed by atoms with Crippen LogP contribution in [0.4, 0.5) is 0 Å². The van der Waals surface area contributed by atoms with Crippen molar-refractivity contribution in [2.45, 2.75) is 4.90 Å². The molecule has 0 spiro atoms. The summed E-state index contributed by atoms with van der Waals surface area (Å²) in [6, 6.07) is 4.58. The van der Waals surface area contributed by atoms with E-state index in [1.165, 1.54) is 12.1 Å². The lowest BCUT2D eigenvalue weighted by Gasteiger charge is -1.97. The van der Waals surface area contributed by atoms with E-state index >= 15 is 0 Å². The Morgan fingerprint density at radius 2 is 2.14 bits per heavy atom. The number of hydrogen-bond acceptors (Lipinski definition) is 3. The highest BCUT2D eigenvalue weighted by Gasteiger charge is 2.11. The monoisotopic (exact) mass is 230 g/mol. The molecule has 0 fully saturated rings. The molecule has 0 saturated carbocycles. The van der Waals surface area contributed by atoms with E-state index in [1.54, 1.807) is 24.0 Å². The molecule has 14 heavy (non-hydrogen) atoms. The Kier molecular flexibility index (Phi) is 2.01. The molecule has 1 aromatic heterocycles. The van der Waals surface area contributed by atoms with Crippen LogP contribution in [-0.4, -0.2) is 18.0 Å². The Morgan fingerprint density at radius 1 is 1.43 bits per heavy atom. The second-order valence-corrected chi connectivity index (χ2v) is 5.51. The third kappa shape index (κ3) is 1.49. The zero-order valence-corrected chi connectivity index (χ0v) is 8.88. The largest absolute Gasteiger partial charge is 0.334 e. The van der Waals surface area contributed by atoms with Gasteiger partial charge in [-0.2, -0.15) is 0 Å². The molecule has 2 aromatic rings. The highest BCUT2D eigenvalue weighted by atomic mass is 35.7. The Labute approximate surface area is 85.5 Å². The summed E-state index contributed by atoms with van der Waals surface area (Å²) in [5, 5.41) is 0. The fourth-order valence-corrected chi connectivity index (χ4v) is 2.03. The quantitative estimate of drug-likeness (QED) is 0.698. The molecule has 1 aromatic carbocycles. The SMILES string of the molecule is Cn1cnc2ccc(S(=O)(=O)Cl)cc21. The fraction of sp³-hybridized carbons (Fsp3) is 0.125. The highest BCUT2D eigenvalue weighted by Crippen LogP contribution is 2.20. The van der Waals surface area contributed by atoms with E-state index in [0.717, 1.165) is 11.0 Å². The van der Waals surface area contributed by atoms with Gasteiger partial charge in [0.25, 0.3) is 9.05 Å². The van der Waals surface area contributed by atoms with Crippen molar-refractivity contribution in [3.63, 3.8) is 0 Å². The summed E-state index contributed by atoms with van der Waals surface area (Å²) >= 11 is 0. The molecule has 0 aliphatic heterocycles. The van der Waals surface area contributed by atoms with Crippen LogP contribution in [0, 0.1) is 0 Å². The molecule has 0 aliphatic rings. The van der Waals surface area contributed by atoms with Crippen LogP contribution < -0.4 is 0 Å².